The molecule has 5 heteroatoms. The lowest BCUT2D eigenvalue weighted by atomic mass is 9.80. The summed E-state index contributed by atoms with van der Waals surface area (Å²) in [6, 6.07) is 23.9. The summed E-state index contributed by atoms with van der Waals surface area (Å²) in [5.41, 5.74) is 8.95. The summed E-state index contributed by atoms with van der Waals surface area (Å²) < 4.78 is 17.2. The summed E-state index contributed by atoms with van der Waals surface area (Å²) in [5, 5.41) is 0. The predicted octanol–water partition coefficient (Wildman–Crippen LogP) is 5.49. The van der Waals surface area contributed by atoms with Crippen molar-refractivity contribution in [3.05, 3.63) is 83.9 Å². The largest absolute Gasteiger partial charge is 0.492 e. The van der Waals surface area contributed by atoms with Crippen molar-refractivity contribution in [2.45, 2.75) is 26.6 Å². The van der Waals surface area contributed by atoms with Crippen LogP contribution in [0.1, 0.15) is 31.1 Å². The Labute approximate surface area is 176 Å². The molecule has 0 aromatic heterocycles. The van der Waals surface area contributed by atoms with E-state index in [2.05, 4.69) is 0 Å². The Balaban J connectivity index is 1.52. The first-order chi connectivity index (χ1) is 14.4. The van der Waals surface area contributed by atoms with Gasteiger partial charge in [0.1, 0.15) is 24.2 Å². The van der Waals surface area contributed by atoms with Crippen LogP contribution in [0.4, 0.5) is 4.79 Å². The van der Waals surface area contributed by atoms with Crippen molar-refractivity contribution in [2.75, 3.05) is 6.61 Å². The van der Waals surface area contributed by atoms with Gasteiger partial charge in [-0.1, -0.05) is 68.4 Å². The van der Waals surface area contributed by atoms with Gasteiger partial charge >= 0.3 is 6.09 Å². The van der Waals surface area contributed by atoms with E-state index in [1.165, 1.54) is 0 Å². The van der Waals surface area contributed by atoms with Crippen molar-refractivity contribution in [1.29, 1.82) is 0 Å². The molecule has 0 fully saturated rings. The zero-order valence-corrected chi connectivity index (χ0v) is 17.1. The highest BCUT2D eigenvalue weighted by atomic mass is 16.6. The predicted molar refractivity (Wildman–Crippen MR) is 115 cm³/mol. The normalized spacial score (nSPS) is 16.8. The molecule has 1 unspecified atom stereocenters. The van der Waals surface area contributed by atoms with Gasteiger partial charge in [0.2, 0.25) is 0 Å². The zero-order chi connectivity index (χ0) is 21.1. The summed E-state index contributed by atoms with van der Waals surface area (Å²) in [7, 11) is 0. The van der Waals surface area contributed by atoms with Crippen molar-refractivity contribution in [3.63, 3.8) is 0 Å². The topological polar surface area (TPSA) is 70.8 Å². The quantitative estimate of drug-likeness (QED) is 0.612. The number of primary amides is 1. The molecule has 0 saturated carbocycles. The maximum atomic E-state index is 11.4. The molecule has 2 N–H and O–H groups in total. The van der Waals surface area contributed by atoms with Crippen LogP contribution in [0.3, 0.4) is 0 Å². The standard InChI is InChI=1S/C25H25NO4/c1-25(2)16-29-22-14-19(10-13-21(22)23(25)30-24(26)27)18-8-11-20(12-9-18)28-15-17-6-4-3-5-7-17/h3-14,23H,15-16H2,1-2H3,(H2,26,27). The highest BCUT2D eigenvalue weighted by Crippen LogP contribution is 2.46. The first-order valence-corrected chi connectivity index (χ1v) is 9.92. The zero-order valence-electron chi connectivity index (χ0n) is 17.1. The van der Waals surface area contributed by atoms with Crippen LogP contribution in [0.25, 0.3) is 11.1 Å². The summed E-state index contributed by atoms with van der Waals surface area (Å²) in [4.78, 5) is 11.4. The number of fused-ring (bicyclic) bond motifs is 1. The molecule has 0 radical (unpaired) electrons. The maximum Gasteiger partial charge on any atom is 0.405 e. The molecule has 0 aliphatic carbocycles. The number of benzene rings is 3. The van der Waals surface area contributed by atoms with E-state index >= 15 is 0 Å². The highest BCUT2D eigenvalue weighted by molar-refractivity contribution is 5.68. The van der Waals surface area contributed by atoms with Crippen molar-refractivity contribution >= 4 is 6.09 Å². The molecular formula is C25H25NO4. The second-order valence-electron chi connectivity index (χ2n) is 8.15. The van der Waals surface area contributed by atoms with E-state index in [1.807, 2.05) is 86.6 Å². The van der Waals surface area contributed by atoms with Gasteiger partial charge in [-0.25, -0.2) is 4.79 Å². The van der Waals surface area contributed by atoms with Gasteiger partial charge < -0.3 is 19.9 Å². The fraction of sp³-hybridized carbons (Fsp3) is 0.240. The molecule has 1 aliphatic heterocycles. The number of ether oxygens (including phenoxy) is 3. The summed E-state index contributed by atoms with van der Waals surface area (Å²) in [5.74, 6) is 1.52. The summed E-state index contributed by atoms with van der Waals surface area (Å²) >= 11 is 0. The molecule has 3 aromatic rings. The number of rotatable bonds is 5. The maximum absolute atomic E-state index is 11.4. The van der Waals surface area contributed by atoms with E-state index in [9.17, 15) is 4.79 Å². The Hall–Kier alpha value is -3.47. The Morgan fingerprint density at radius 1 is 1.03 bits per heavy atom. The van der Waals surface area contributed by atoms with Gasteiger partial charge in [-0.2, -0.15) is 0 Å². The third-order valence-corrected chi connectivity index (χ3v) is 5.28. The Bertz CT molecular complexity index is 1030. The average molecular weight is 403 g/mol. The van der Waals surface area contributed by atoms with Gasteiger partial charge in [-0.15, -0.1) is 0 Å². The minimum absolute atomic E-state index is 0.360. The van der Waals surface area contributed by atoms with Crippen molar-refractivity contribution in [1.82, 2.24) is 0 Å². The van der Waals surface area contributed by atoms with Gasteiger partial charge in [0.05, 0.1) is 6.61 Å². The Kier molecular flexibility index (Phi) is 5.36. The molecule has 1 aliphatic rings. The highest BCUT2D eigenvalue weighted by Gasteiger charge is 2.40. The molecular weight excluding hydrogens is 378 g/mol. The van der Waals surface area contributed by atoms with Crippen molar-refractivity contribution in [3.8, 4) is 22.6 Å². The van der Waals surface area contributed by atoms with E-state index in [1.54, 1.807) is 0 Å². The van der Waals surface area contributed by atoms with Crippen molar-refractivity contribution < 1.29 is 19.0 Å². The van der Waals surface area contributed by atoms with E-state index in [0.717, 1.165) is 28.0 Å². The number of amides is 1. The lowest BCUT2D eigenvalue weighted by Crippen LogP contribution is -2.37. The average Bonchev–Trinajstić information content (AvgIpc) is 2.75. The Morgan fingerprint density at radius 2 is 1.73 bits per heavy atom. The molecule has 3 aromatic carbocycles. The molecule has 1 heterocycles. The van der Waals surface area contributed by atoms with Gasteiger partial charge in [-0.3, -0.25) is 0 Å². The molecule has 5 nitrogen and oxygen atoms in total. The summed E-state index contributed by atoms with van der Waals surface area (Å²) in [6.45, 7) is 4.95. The van der Waals surface area contributed by atoms with E-state index in [4.69, 9.17) is 19.9 Å². The van der Waals surface area contributed by atoms with Crippen LogP contribution in [0.5, 0.6) is 11.5 Å². The second-order valence-corrected chi connectivity index (χ2v) is 8.15. The minimum Gasteiger partial charge on any atom is -0.492 e. The van der Waals surface area contributed by atoms with Crippen LogP contribution in [-0.4, -0.2) is 12.7 Å². The molecule has 30 heavy (non-hydrogen) atoms. The van der Waals surface area contributed by atoms with E-state index < -0.39 is 12.2 Å². The molecule has 0 saturated heterocycles. The first-order valence-electron chi connectivity index (χ1n) is 9.92. The van der Waals surface area contributed by atoms with Crippen LogP contribution in [0.2, 0.25) is 0 Å². The Morgan fingerprint density at radius 3 is 2.43 bits per heavy atom. The van der Waals surface area contributed by atoms with Crippen LogP contribution in [0, 0.1) is 5.41 Å². The van der Waals surface area contributed by atoms with Crippen molar-refractivity contribution in [2.24, 2.45) is 11.1 Å². The fourth-order valence-electron chi connectivity index (χ4n) is 3.64. The van der Waals surface area contributed by atoms with Gasteiger partial charge in [0.15, 0.2) is 0 Å². The molecule has 1 atom stereocenters. The monoisotopic (exact) mass is 403 g/mol. The number of hydrogen-bond acceptors (Lipinski definition) is 4. The first kappa shape index (κ1) is 19.8. The molecule has 1 amide bonds. The number of hydrogen-bond donors (Lipinski definition) is 1. The van der Waals surface area contributed by atoms with Crippen LogP contribution in [0.15, 0.2) is 72.8 Å². The van der Waals surface area contributed by atoms with Gasteiger partial charge in [0, 0.05) is 11.0 Å². The van der Waals surface area contributed by atoms with Crippen LogP contribution < -0.4 is 15.2 Å². The lowest BCUT2D eigenvalue weighted by molar-refractivity contribution is -0.0176. The SMILES string of the molecule is CC1(C)COc2cc(-c3ccc(OCc4ccccc4)cc3)ccc2C1OC(N)=O. The summed E-state index contributed by atoms with van der Waals surface area (Å²) in [6.07, 6.45) is -1.22. The van der Waals surface area contributed by atoms with Gasteiger partial charge in [0.25, 0.3) is 0 Å². The molecule has 4 rings (SSSR count). The lowest BCUT2D eigenvalue weighted by Gasteiger charge is -2.38. The minimum atomic E-state index is -0.781. The number of carbonyl (C=O) groups is 1. The van der Waals surface area contributed by atoms with E-state index in [0.29, 0.717) is 19.0 Å². The van der Waals surface area contributed by atoms with E-state index in [-0.39, 0.29) is 5.41 Å². The second kappa shape index (κ2) is 8.11. The number of carbonyl (C=O) groups excluding carboxylic acids is 1. The molecule has 0 spiro atoms. The number of nitrogens with two attached hydrogens (primary N) is 1. The van der Waals surface area contributed by atoms with Crippen LogP contribution >= 0.6 is 0 Å². The van der Waals surface area contributed by atoms with Gasteiger partial charge in [-0.05, 0) is 34.9 Å². The molecule has 0 bridgehead atoms. The fourth-order valence-corrected chi connectivity index (χ4v) is 3.64. The molecule has 154 valence electrons. The smallest absolute Gasteiger partial charge is 0.405 e. The van der Waals surface area contributed by atoms with Crippen LogP contribution in [-0.2, 0) is 11.3 Å². The third kappa shape index (κ3) is 4.25. The third-order valence-electron chi connectivity index (χ3n) is 5.28.